The summed E-state index contributed by atoms with van der Waals surface area (Å²) in [6.45, 7) is 7.37. The number of hydrogen-bond acceptors (Lipinski definition) is 4. The summed E-state index contributed by atoms with van der Waals surface area (Å²) in [5.74, 6) is 0. The molecule has 0 atom stereocenters. The minimum atomic E-state index is -0.485. The minimum Gasteiger partial charge on any atom is -0.444 e. The van der Waals surface area contributed by atoms with Gasteiger partial charge in [-0.1, -0.05) is 0 Å². The van der Waals surface area contributed by atoms with Crippen molar-refractivity contribution in [2.45, 2.75) is 39.5 Å². The molecule has 0 fully saturated rings. The summed E-state index contributed by atoms with van der Waals surface area (Å²) in [7, 11) is 0. The van der Waals surface area contributed by atoms with Crippen molar-refractivity contribution in [2.24, 2.45) is 0 Å². The Morgan fingerprint density at radius 3 is 2.86 bits per heavy atom. The first-order valence-electron chi connectivity index (χ1n) is 6.96. The first kappa shape index (κ1) is 13.7. The molecule has 3 heterocycles. The molecule has 1 aliphatic rings. The molecule has 7 nitrogen and oxygen atoms in total. The van der Waals surface area contributed by atoms with E-state index >= 15 is 0 Å². The highest BCUT2D eigenvalue weighted by atomic mass is 16.6. The van der Waals surface area contributed by atoms with E-state index in [0.717, 1.165) is 17.0 Å². The van der Waals surface area contributed by atoms with Gasteiger partial charge in [-0.25, -0.2) is 4.79 Å². The molecule has 7 heteroatoms. The van der Waals surface area contributed by atoms with Gasteiger partial charge in [0.1, 0.15) is 5.60 Å². The van der Waals surface area contributed by atoms with E-state index in [4.69, 9.17) is 4.74 Å². The van der Waals surface area contributed by atoms with Crippen molar-refractivity contribution in [3.8, 4) is 11.3 Å². The number of hydrogen-bond donors (Lipinski definition) is 1. The maximum absolute atomic E-state index is 12.2. The van der Waals surface area contributed by atoms with Crippen molar-refractivity contribution in [3.05, 3.63) is 24.2 Å². The van der Waals surface area contributed by atoms with Crippen LogP contribution in [0.4, 0.5) is 4.79 Å². The molecule has 0 aliphatic carbocycles. The van der Waals surface area contributed by atoms with Crippen LogP contribution in [0.1, 0.15) is 26.5 Å². The van der Waals surface area contributed by atoms with Crippen molar-refractivity contribution in [1.29, 1.82) is 0 Å². The Morgan fingerprint density at radius 2 is 2.19 bits per heavy atom. The van der Waals surface area contributed by atoms with E-state index in [-0.39, 0.29) is 6.09 Å². The molecule has 1 amide bonds. The molecule has 1 N–H and O–H groups in total. The molecule has 3 rings (SSSR count). The van der Waals surface area contributed by atoms with E-state index in [1.807, 2.05) is 31.5 Å². The molecule has 0 spiro atoms. The molecule has 0 radical (unpaired) electrons. The maximum Gasteiger partial charge on any atom is 0.410 e. The Hall–Kier alpha value is -2.31. The highest BCUT2D eigenvalue weighted by molar-refractivity contribution is 5.69. The van der Waals surface area contributed by atoms with E-state index in [1.165, 1.54) is 0 Å². The van der Waals surface area contributed by atoms with Gasteiger partial charge in [0, 0.05) is 18.3 Å². The highest BCUT2D eigenvalue weighted by Gasteiger charge is 2.28. The number of carbonyl (C=O) groups is 1. The first-order chi connectivity index (χ1) is 9.94. The second-order valence-electron chi connectivity index (χ2n) is 6.10. The molecule has 0 unspecified atom stereocenters. The predicted octanol–water partition coefficient (Wildman–Crippen LogP) is 2.02. The van der Waals surface area contributed by atoms with E-state index in [9.17, 15) is 4.79 Å². The monoisotopic (exact) mass is 289 g/mol. The van der Waals surface area contributed by atoms with Crippen LogP contribution in [-0.4, -0.2) is 43.1 Å². The molecule has 2 aromatic heterocycles. The van der Waals surface area contributed by atoms with Gasteiger partial charge in [-0.05, 0) is 26.8 Å². The van der Waals surface area contributed by atoms with Crippen LogP contribution in [0.15, 0.2) is 18.5 Å². The fourth-order valence-electron chi connectivity index (χ4n) is 2.36. The normalized spacial score (nSPS) is 14.9. The third-order valence-electron chi connectivity index (χ3n) is 3.31. The number of H-pyrrole nitrogens is 1. The lowest BCUT2D eigenvalue weighted by atomic mass is 10.1. The number of ether oxygens (including phenoxy) is 1. The third-order valence-corrected chi connectivity index (χ3v) is 3.31. The number of rotatable bonds is 1. The average Bonchev–Trinajstić information content (AvgIpc) is 3.04. The van der Waals surface area contributed by atoms with Crippen LogP contribution in [0.5, 0.6) is 0 Å². The highest BCUT2D eigenvalue weighted by Crippen LogP contribution is 2.25. The van der Waals surface area contributed by atoms with Gasteiger partial charge in [-0.15, -0.1) is 0 Å². The SMILES string of the molecule is CC(C)(C)OC(=O)N1CCn2ncc(-c3ccn[nH]3)c2C1. The Labute approximate surface area is 122 Å². The largest absolute Gasteiger partial charge is 0.444 e. The summed E-state index contributed by atoms with van der Waals surface area (Å²) >= 11 is 0. The van der Waals surface area contributed by atoms with Crippen LogP contribution in [0.3, 0.4) is 0 Å². The summed E-state index contributed by atoms with van der Waals surface area (Å²) in [6.07, 6.45) is 3.22. The fraction of sp³-hybridized carbons (Fsp3) is 0.500. The van der Waals surface area contributed by atoms with Gasteiger partial charge < -0.3 is 9.64 Å². The second kappa shape index (κ2) is 4.91. The van der Waals surface area contributed by atoms with Crippen LogP contribution in [0, 0.1) is 0 Å². The zero-order valence-electron chi connectivity index (χ0n) is 12.5. The van der Waals surface area contributed by atoms with E-state index in [2.05, 4.69) is 15.3 Å². The number of aromatic amines is 1. The van der Waals surface area contributed by atoms with Crippen molar-refractivity contribution in [3.63, 3.8) is 0 Å². The third kappa shape index (κ3) is 2.76. The lowest BCUT2D eigenvalue weighted by molar-refractivity contribution is 0.0195. The molecule has 21 heavy (non-hydrogen) atoms. The average molecular weight is 289 g/mol. The van der Waals surface area contributed by atoms with Gasteiger partial charge in [0.15, 0.2) is 0 Å². The van der Waals surface area contributed by atoms with Gasteiger partial charge in [0.25, 0.3) is 0 Å². The van der Waals surface area contributed by atoms with Crippen LogP contribution in [0.2, 0.25) is 0 Å². The standard InChI is InChI=1S/C14H19N5O2/c1-14(2,3)21-13(20)18-6-7-19-12(9-18)10(8-16-19)11-4-5-15-17-11/h4-5,8H,6-7,9H2,1-3H3,(H,15,17). The van der Waals surface area contributed by atoms with Crippen LogP contribution in [0.25, 0.3) is 11.3 Å². The topological polar surface area (TPSA) is 76.0 Å². The van der Waals surface area contributed by atoms with E-state index in [0.29, 0.717) is 19.6 Å². The molecule has 0 saturated heterocycles. The summed E-state index contributed by atoms with van der Waals surface area (Å²) in [4.78, 5) is 13.9. The van der Waals surface area contributed by atoms with Crippen LogP contribution in [-0.2, 0) is 17.8 Å². The fourth-order valence-corrected chi connectivity index (χ4v) is 2.36. The summed E-state index contributed by atoms with van der Waals surface area (Å²) < 4.78 is 7.36. The molecule has 0 saturated carbocycles. The Morgan fingerprint density at radius 1 is 1.38 bits per heavy atom. The minimum absolute atomic E-state index is 0.287. The van der Waals surface area contributed by atoms with E-state index < -0.39 is 5.60 Å². The number of amides is 1. The first-order valence-corrected chi connectivity index (χ1v) is 6.96. The lowest BCUT2D eigenvalue weighted by Crippen LogP contribution is -2.41. The predicted molar refractivity (Wildman–Crippen MR) is 76.5 cm³/mol. The maximum atomic E-state index is 12.2. The zero-order chi connectivity index (χ0) is 15.0. The lowest BCUT2D eigenvalue weighted by Gasteiger charge is -2.30. The smallest absolute Gasteiger partial charge is 0.410 e. The molecule has 0 aromatic carbocycles. The Kier molecular flexibility index (Phi) is 3.19. The van der Waals surface area contributed by atoms with Crippen molar-refractivity contribution < 1.29 is 9.53 Å². The summed E-state index contributed by atoms with van der Waals surface area (Å²) in [5.41, 5.74) is 2.39. The van der Waals surface area contributed by atoms with Gasteiger partial charge in [0.2, 0.25) is 0 Å². The van der Waals surface area contributed by atoms with Crippen LogP contribution < -0.4 is 0 Å². The van der Waals surface area contributed by atoms with Crippen molar-refractivity contribution in [2.75, 3.05) is 6.54 Å². The van der Waals surface area contributed by atoms with Gasteiger partial charge in [0.05, 0.1) is 30.7 Å². The Bertz CT molecular complexity index is 639. The van der Waals surface area contributed by atoms with Gasteiger partial charge in [-0.2, -0.15) is 10.2 Å². The molecular weight excluding hydrogens is 270 g/mol. The number of fused-ring (bicyclic) bond motifs is 1. The van der Waals surface area contributed by atoms with Gasteiger partial charge >= 0.3 is 6.09 Å². The van der Waals surface area contributed by atoms with Crippen molar-refractivity contribution >= 4 is 6.09 Å². The van der Waals surface area contributed by atoms with Crippen molar-refractivity contribution in [1.82, 2.24) is 24.9 Å². The Balaban J connectivity index is 1.82. The van der Waals surface area contributed by atoms with E-state index in [1.54, 1.807) is 17.3 Å². The second-order valence-corrected chi connectivity index (χ2v) is 6.10. The molecule has 2 aromatic rings. The quantitative estimate of drug-likeness (QED) is 0.871. The number of nitrogens with zero attached hydrogens (tertiary/aromatic N) is 4. The molecule has 112 valence electrons. The van der Waals surface area contributed by atoms with Gasteiger partial charge in [-0.3, -0.25) is 9.78 Å². The number of aromatic nitrogens is 4. The van der Waals surface area contributed by atoms with Crippen LogP contribution >= 0.6 is 0 Å². The molecule has 0 bridgehead atoms. The molecule has 1 aliphatic heterocycles. The number of carbonyl (C=O) groups excluding carboxylic acids is 1. The molecular formula is C14H19N5O2. The summed E-state index contributed by atoms with van der Waals surface area (Å²) in [5, 5.41) is 11.3. The number of nitrogens with one attached hydrogen (secondary N) is 1. The summed E-state index contributed by atoms with van der Waals surface area (Å²) in [6, 6.07) is 1.89. The zero-order valence-corrected chi connectivity index (χ0v) is 12.5.